The standard InChI is InChI=1S/C22H24FN5OS/c1-27(2)11-4-7-19(29)28-12-10-17-18(13-28)30-22-20(17)21(24-14-25-22)26-16-6-3-5-15(23)8-9-16/h3-9,14-15H,10-13H2,1-2H3,(H,24,25,26)/b7-4+. The van der Waals surface area contributed by atoms with E-state index in [9.17, 15) is 9.18 Å². The van der Waals surface area contributed by atoms with Crippen molar-refractivity contribution >= 4 is 33.3 Å². The first-order chi connectivity index (χ1) is 14.5. The Morgan fingerprint density at radius 1 is 1.40 bits per heavy atom. The number of likely N-dealkylation sites (N-methyl/N-ethyl adjacent to an activating group) is 1. The van der Waals surface area contributed by atoms with Crippen LogP contribution in [0.5, 0.6) is 0 Å². The number of thiophene rings is 1. The van der Waals surface area contributed by atoms with E-state index in [2.05, 4.69) is 15.3 Å². The van der Waals surface area contributed by atoms with Crippen molar-refractivity contribution in [3.8, 4) is 0 Å². The molecule has 1 atom stereocenters. The van der Waals surface area contributed by atoms with Crippen LogP contribution in [0.4, 0.5) is 10.2 Å². The number of fused-ring (bicyclic) bond motifs is 3. The SMILES string of the molecule is CN(C)C/C=C/C(=O)N1CCc2c(sc3ncnc(NC4=CC=CC(F)C=C4)c23)C1. The zero-order valence-electron chi connectivity index (χ0n) is 17.0. The molecule has 1 aliphatic carbocycles. The summed E-state index contributed by atoms with van der Waals surface area (Å²) in [6.07, 6.45) is 13.0. The number of carbonyl (C=O) groups is 1. The van der Waals surface area contributed by atoms with Gasteiger partial charge in [-0.15, -0.1) is 11.3 Å². The number of halogens is 1. The molecule has 8 heteroatoms. The molecular weight excluding hydrogens is 401 g/mol. The molecule has 0 spiro atoms. The van der Waals surface area contributed by atoms with E-state index in [4.69, 9.17) is 0 Å². The number of allylic oxidation sites excluding steroid dienone is 5. The molecule has 4 rings (SSSR count). The molecule has 1 aliphatic heterocycles. The molecule has 2 aliphatic rings. The van der Waals surface area contributed by atoms with Crippen molar-refractivity contribution in [1.82, 2.24) is 19.8 Å². The van der Waals surface area contributed by atoms with Crippen LogP contribution < -0.4 is 5.32 Å². The van der Waals surface area contributed by atoms with E-state index in [1.165, 1.54) is 24.0 Å². The molecule has 2 aromatic rings. The largest absolute Gasteiger partial charge is 0.340 e. The summed E-state index contributed by atoms with van der Waals surface area (Å²) in [6, 6.07) is 0. The van der Waals surface area contributed by atoms with Crippen molar-refractivity contribution in [1.29, 1.82) is 0 Å². The fraction of sp³-hybridized carbons (Fsp3) is 0.318. The molecule has 0 saturated heterocycles. The van der Waals surface area contributed by atoms with Crippen molar-refractivity contribution in [3.05, 3.63) is 65.0 Å². The van der Waals surface area contributed by atoms with Gasteiger partial charge in [-0.1, -0.05) is 12.2 Å². The summed E-state index contributed by atoms with van der Waals surface area (Å²) in [7, 11) is 3.94. The Morgan fingerprint density at radius 2 is 2.27 bits per heavy atom. The van der Waals surface area contributed by atoms with Gasteiger partial charge < -0.3 is 15.1 Å². The second kappa shape index (κ2) is 8.89. The van der Waals surface area contributed by atoms with Crippen LogP contribution in [-0.4, -0.2) is 59.0 Å². The third-order valence-electron chi connectivity index (χ3n) is 4.97. The molecule has 156 valence electrons. The first kappa shape index (κ1) is 20.4. The number of alkyl halides is 1. The molecule has 1 amide bonds. The fourth-order valence-corrected chi connectivity index (χ4v) is 4.68. The maximum atomic E-state index is 13.5. The zero-order valence-corrected chi connectivity index (χ0v) is 17.8. The van der Waals surface area contributed by atoms with Gasteiger partial charge in [-0.05, 0) is 50.4 Å². The summed E-state index contributed by atoms with van der Waals surface area (Å²) in [6.45, 7) is 1.98. The molecule has 0 fully saturated rings. The predicted molar refractivity (Wildman–Crippen MR) is 119 cm³/mol. The Bertz CT molecular complexity index is 1070. The highest BCUT2D eigenvalue weighted by Gasteiger charge is 2.25. The highest BCUT2D eigenvalue weighted by molar-refractivity contribution is 7.19. The predicted octanol–water partition coefficient (Wildman–Crippen LogP) is 3.45. The Morgan fingerprint density at radius 3 is 3.10 bits per heavy atom. The smallest absolute Gasteiger partial charge is 0.246 e. The summed E-state index contributed by atoms with van der Waals surface area (Å²) >= 11 is 1.60. The van der Waals surface area contributed by atoms with E-state index >= 15 is 0 Å². The van der Waals surface area contributed by atoms with Gasteiger partial charge in [0, 0.05) is 29.7 Å². The van der Waals surface area contributed by atoms with Gasteiger partial charge in [0.2, 0.25) is 5.91 Å². The van der Waals surface area contributed by atoms with Crippen LogP contribution in [0.15, 0.2) is 54.6 Å². The van der Waals surface area contributed by atoms with Crippen LogP contribution in [0.2, 0.25) is 0 Å². The summed E-state index contributed by atoms with van der Waals surface area (Å²) in [5.74, 6) is 0.746. The second-order valence-electron chi connectivity index (χ2n) is 7.52. The van der Waals surface area contributed by atoms with Crippen molar-refractivity contribution < 1.29 is 9.18 Å². The number of nitrogens with one attached hydrogen (secondary N) is 1. The average Bonchev–Trinajstić information content (AvgIpc) is 2.97. The maximum absolute atomic E-state index is 13.5. The lowest BCUT2D eigenvalue weighted by atomic mass is 10.0. The molecule has 0 saturated carbocycles. The van der Waals surface area contributed by atoms with E-state index in [1.54, 1.807) is 29.6 Å². The molecule has 0 bridgehead atoms. The van der Waals surface area contributed by atoms with Gasteiger partial charge in [0.15, 0.2) is 0 Å². The Hall–Kier alpha value is -2.84. The van der Waals surface area contributed by atoms with Crippen molar-refractivity contribution in [3.63, 3.8) is 0 Å². The minimum absolute atomic E-state index is 0.0331. The molecule has 6 nitrogen and oxygen atoms in total. The summed E-state index contributed by atoms with van der Waals surface area (Å²) in [5, 5.41) is 4.30. The number of hydrogen-bond acceptors (Lipinski definition) is 6. The first-order valence-corrected chi connectivity index (χ1v) is 10.7. The van der Waals surface area contributed by atoms with Gasteiger partial charge >= 0.3 is 0 Å². The number of amides is 1. The minimum atomic E-state index is -1.09. The maximum Gasteiger partial charge on any atom is 0.246 e. The van der Waals surface area contributed by atoms with E-state index in [1.807, 2.05) is 36.0 Å². The van der Waals surface area contributed by atoms with E-state index in [-0.39, 0.29) is 5.91 Å². The van der Waals surface area contributed by atoms with Crippen LogP contribution in [-0.2, 0) is 17.8 Å². The monoisotopic (exact) mass is 425 g/mol. The van der Waals surface area contributed by atoms with Gasteiger partial charge in [-0.3, -0.25) is 4.79 Å². The van der Waals surface area contributed by atoms with Crippen LogP contribution in [0.3, 0.4) is 0 Å². The molecule has 3 heterocycles. The highest BCUT2D eigenvalue weighted by Crippen LogP contribution is 2.37. The van der Waals surface area contributed by atoms with Gasteiger partial charge in [-0.25, -0.2) is 14.4 Å². The molecular formula is C22H24FN5OS. The minimum Gasteiger partial charge on any atom is -0.340 e. The fourth-order valence-electron chi connectivity index (χ4n) is 3.48. The van der Waals surface area contributed by atoms with E-state index < -0.39 is 6.17 Å². The molecule has 1 N–H and O–H groups in total. The zero-order chi connectivity index (χ0) is 21.1. The van der Waals surface area contributed by atoms with E-state index in [0.717, 1.165) is 33.8 Å². The third-order valence-corrected chi connectivity index (χ3v) is 6.10. The first-order valence-electron chi connectivity index (χ1n) is 9.84. The average molecular weight is 426 g/mol. The third kappa shape index (κ3) is 4.49. The van der Waals surface area contributed by atoms with E-state index in [0.29, 0.717) is 18.9 Å². The molecule has 2 aromatic heterocycles. The summed E-state index contributed by atoms with van der Waals surface area (Å²) in [4.78, 5) is 27.3. The Balaban J connectivity index is 1.57. The number of carbonyl (C=O) groups excluding carboxylic acids is 1. The quantitative estimate of drug-likeness (QED) is 0.744. The lowest BCUT2D eigenvalue weighted by molar-refractivity contribution is -0.126. The molecule has 0 radical (unpaired) electrons. The Kier molecular flexibility index (Phi) is 6.06. The van der Waals surface area contributed by atoms with Gasteiger partial charge in [0.25, 0.3) is 0 Å². The van der Waals surface area contributed by atoms with Gasteiger partial charge in [0.1, 0.15) is 23.1 Å². The normalized spacial score (nSPS) is 18.7. The molecule has 0 aromatic carbocycles. The number of aromatic nitrogens is 2. The van der Waals surface area contributed by atoms with Crippen LogP contribution >= 0.6 is 11.3 Å². The molecule has 30 heavy (non-hydrogen) atoms. The summed E-state index contributed by atoms with van der Waals surface area (Å²) in [5.41, 5.74) is 1.96. The lowest BCUT2D eigenvalue weighted by Crippen LogP contribution is -2.34. The van der Waals surface area contributed by atoms with Gasteiger partial charge in [-0.2, -0.15) is 0 Å². The Labute approximate surface area is 179 Å². The number of rotatable bonds is 5. The summed E-state index contributed by atoms with van der Waals surface area (Å²) < 4.78 is 13.5. The van der Waals surface area contributed by atoms with Gasteiger partial charge in [0.05, 0.1) is 11.9 Å². The second-order valence-corrected chi connectivity index (χ2v) is 8.60. The lowest BCUT2D eigenvalue weighted by Gasteiger charge is -2.26. The van der Waals surface area contributed by atoms with Crippen molar-refractivity contribution in [2.75, 3.05) is 32.5 Å². The number of hydrogen-bond donors (Lipinski definition) is 1. The highest BCUT2D eigenvalue weighted by atomic mass is 32.1. The van der Waals surface area contributed by atoms with Crippen LogP contribution in [0.1, 0.15) is 10.4 Å². The van der Waals surface area contributed by atoms with Crippen LogP contribution in [0.25, 0.3) is 10.2 Å². The number of anilines is 1. The molecule has 1 unspecified atom stereocenters. The van der Waals surface area contributed by atoms with Crippen LogP contribution in [0, 0.1) is 0 Å². The van der Waals surface area contributed by atoms with Crippen molar-refractivity contribution in [2.45, 2.75) is 19.1 Å². The number of nitrogens with zero attached hydrogens (tertiary/aromatic N) is 4. The topological polar surface area (TPSA) is 61.4 Å². The van der Waals surface area contributed by atoms with Crippen molar-refractivity contribution in [2.24, 2.45) is 0 Å².